The highest BCUT2D eigenvalue weighted by Crippen LogP contribution is 2.25. The van der Waals surface area contributed by atoms with Gasteiger partial charge in [0.1, 0.15) is 12.2 Å². The van der Waals surface area contributed by atoms with E-state index in [1.165, 1.54) is 0 Å². The molecule has 0 unspecified atom stereocenters. The minimum absolute atomic E-state index is 0.0883. The summed E-state index contributed by atoms with van der Waals surface area (Å²) in [6.45, 7) is 4.29. The molecule has 0 saturated carbocycles. The van der Waals surface area contributed by atoms with Gasteiger partial charge in [-0.1, -0.05) is 24.3 Å². The summed E-state index contributed by atoms with van der Waals surface area (Å²) in [5.74, 6) is -1.09. The SMILES string of the molecule is Cc1ccccc1/C=C/C(=O)N1CC(C)(OCC(=O)O)C1. The zero-order valence-electron chi connectivity index (χ0n) is 12.2. The Morgan fingerprint density at radius 3 is 2.67 bits per heavy atom. The lowest BCUT2D eigenvalue weighted by molar-refractivity contribution is -0.170. The summed E-state index contributed by atoms with van der Waals surface area (Å²) in [5.41, 5.74) is 1.57. The van der Waals surface area contributed by atoms with Crippen LogP contribution in [-0.2, 0) is 14.3 Å². The molecule has 1 aliphatic heterocycles. The molecule has 2 rings (SSSR count). The van der Waals surface area contributed by atoms with Crippen LogP contribution in [0.15, 0.2) is 30.3 Å². The van der Waals surface area contributed by atoms with Gasteiger partial charge in [-0.25, -0.2) is 4.79 Å². The summed E-state index contributed by atoms with van der Waals surface area (Å²) in [6.07, 6.45) is 3.34. The molecule has 0 bridgehead atoms. The Morgan fingerprint density at radius 1 is 1.38 bits per heavy atom. The van der Waals surface area contributed by atoms with Crippen LogP contribution in [0, 0.1) is 6.92 Å². The monoisotopic (exact) mass is 289 g/mol. The summed E-state index contributed by atoms with van der Waals surface area (Å²) in [5, 5.41) is 8.59. The molecule has 21 heavy (non-hydrogen) atoms. The number of benzene rings is 1. The Bertz CT molecular complexity index is 573. The average Bonchev–Trinajstić information content (AvgIpc) is 2.41. The first-order chi connectivity index (χ1) is 9.89. The zero-order chi connectivity index (χ0) is 15.5. The van der Waals surface area contributed by atoms with E-state index in [2.05, 4.69) is 0 Å². The van der Waals surface area contributed by atoms with Crippen molar-refractivity contribution in [3.05, 3.63) is 41.5 Å². The molecule has 1 aliphatic rings. The smallest absolute Gasteiger partial charge is 0.329 e. The molecule has 1 aromatic carbocycles. The molecular formula is C16H19NO4. The fraction of sp³-hybridized carbons (Fsp3) is 0.375. The van der Waals surface area contributed by atoms with Crippen LogP contribution in [0.3, 0.4) is 0 Å². The van der Waals surface area contributed by atoms with Gasteiger partial charge in [-0.05, 0) is 31.1 Å². The third-order valence-corrected chi connectivity index (χ3v) is 3.50. The quantitative estimate of drug-likeness (QED) is 0.838. The highest BCUT2D eigenvalue weighted by atomic mass is 16.5. The van der Waals surface area contributed by atoms with Crippen LogP contribution in [0.5, 0.6) is 0 Å². The van der Waals surface area contributed by atoms with E-state index in [9.17, 15) is 9.59 Å². The highest BCUT2D eigenvalue weighted by molar-refractivity contribution is 5.92. The van der Waals surface area contributed by atoms with Gasteiger partial charge in [0.05, 0.1) is 13.1 Å². The first-order valence-corrected chi connectivity index (χ1v) is 6.78. The number of hydrogen-bond donors (Lipinski definition) is 1. The Morgan fingerprint density at radius 2 is 2.05 bits per heavy atom. The molecule has 0 radical (unpaired) electrons. The maximum Gasteiger partial charge on any atom is 0.329 e. The number of carbonyl (C=O) groups excluding carboxylic acids is 1. The second-order valence-electron chi connectivity index (χ2n) is 5.52. The molecule has 1 aromatic rings. The molecule has 0 atom stereocenters. The molecule has 1 amide bonds. The van der Waals surface area contributed by atoms with E-state index >= 15 is 0 Å². The zero-order valence-corrected chi connectivity index (χ0v) is 12.2. The maximum atomic E-state index is 12.0. The van der Waals surface area contributed by atoms with Crippen LogP contribution in [0.4, 0.5) is 0 Å². The standard InChI is InChI=1S/C16H19NO4/c1-12-5-3-4-6-13(12)7-8-14(18)17-10-16(2,11-17)21-9-15(19)20/h3-8H,9-11H2,1-2H3,(H,19,20)/b8-7+. The molecule has 1 fully saturated rings. The van der Waals surface area contributed by atoms with Gasteiger partial charge in [-0.2, -0.15) is 0 Å². The second-order valence-corrected chi connectivity index (χ2v) is 5.52. The number of ether oxygens (including phenoxy) is 1. The van der Waals surface area contributed by atoms with Gasteiger partial charge >= 0.3 is 5.97 Å². The van der Waals surface area contributed by atoms with Crippen molar-refractivity contribution in [3.63, 3.8) is 0 Å². The number of rotatable bonds is 5. The highest BCUT2D eigenvalue weighted by Gasteiger charge is 2.42. The average molecular weight is 289 g/mol. The van der Waals surface area contributed by atoms with Crippen LogP contribution < -0.4 is 0 Å². The number of carboxylic acids is 1. The van der Waals surface area contributed by atoms with Crippen LogP contribution in [0.1, 0.15) is 18.1 Å². The van der Waals surface area contributed by atoms with Crippen molar-refractivity contribution in [2.24, 2.45) is 0 Å². The van der Waals surface area contributed by atoms with Crippen LogP contribution in [-0.4, -0.2) is 47.2 Å². The molecule has 1 heterocycles. The number of hydrogen-bond acceptors (Lipinski definition) is 3. The molecule has 112 valence electrons. The van der Waals surface area contributed by atoms with E-state index in [-0.39, 0.29) is 12.5 Å². The third kappa shape index (κ3) is 3.92. The lowest BCUT2D eigenvalue weighted by atomic mass is 9.96. The lowest BCUT2D eigenvalue weighted by Crippen LogP contribution is -2.63. The van der Waals surface area contributed by atoms with Crippen molar-refractivity contribution >= 4 is 18.0 Å². The molecular weight excluding hydrogens is 270 g/mol. The van der Waals surface area contributed by atoms with Gasteiger partial charge in [-0.15, -0.1) is 0 Å². The van der Waals surface area contributed by atoms with Crippen molar-refractivity contribution in [2.45, 2.75) is 19.4 Å². The Kier molecular flexibility index (Phi) is 4.43. The van der Waals surface area contributed by atoms with Crippen LogP contribution >= 0.6 is 0 Å². The van der Waals surface area contributed by atoms with Gasteiger partial charge in [-0.3, -0.25) is 4.79 Å². The fourth-order valence-electron chi connectivity index (χ4n) is 2.28. The maximum absolute atomic E-state index is 12.0. The summed E-state index contributed by atoms with van der Waals surface area (Å²) in [6, 6.07) is 7.83. The number of amides is 1. The summed E-state index contributed by atoms with van der Waals surface area (Å²) < 4.78 is 5.27. The van der Waals surface area contributed by atoms with Crippen molar-refractivity contribution < 1.29 is 19.4 Å². The van der Waals surface area contributed by atoms with Gasteiger partial charge in [0.15, 0.2) is 0 Å². The fourth-order valence-corrected chi connectivity index (χ4v) is 2.28. The topological polar surface area (TPSA) is 66.8 Å². The van der Waals surface area contributed by atoms with Gasteiger partial charge in [0.25, 0.3) is 0 Å². The number of likely N-dealkylation sites (tertiary alicyclic amines) is 1. The van der Waals surface area contributed by atoms with Crippen molar-refractivity contribution in [1.29, 1.82) is 0 Å². The first kappa shape index (κ1) is 15.3. The van der Waals surface area contributed by atoms with Crippen LogP contribution in [0.25, 0.3) is 6.08 Å². The van der Waals surface area contributed by atoms with E-state index in [1.807, 2.05) is 38.1 Å². The van der Waals surface area contributed by atoms with E-state index in [0.29, 0.717) is 13.1 Å². The lowest BCUT2D eigenvalue weighted by Gasteiger charge is -2.46. The van der Waals surface area contributed by atoms with Gasteiger partial charge in [0.2, 0.25) is 5.91 Å². The number of aryl methyl sites for hydroxylation is 1. The molecule has 0 aliphatic carbocycles. The van der Waals surface area contributed by atoms with Crippen molar-refractivity contribution in [2.75, 3.05) is 19.7 Å². The Hall–Kier alpha value is -2.14. The molecule has 1 saturated heterocycles. The summed E-state index contributed by atoms with van der Waals surface area (Å²) >= 11 is 0. The molecule has 5 heteroatoms. The number of carboxylic acid groups (broad SMARTS) is 1. The molecule has 0 spiro atoms. The molecule has 5 nitrogen and oxygen atoms in total. The summed E-state index contributed by atoms with van der Waals surface area (Å²) in [7, 11) is 0. The predicted molar refractivity (Wildman–Crippen MR) is 78.8 cm³/mol. The minimum atomic E-state index is -1.000. The van der Waals surface area contributed by atoms with Gasteiger partial charge in [0, 0.05) is 6.08 Å². The number of nitrogens with zero attached hydrogens (tertiary/aromatic N) is 1. The van der Waals surface area contributed by atoms with E-state index < -0.39 is 11.6 Å². The largest absolute Gasteiger partial charge is 0.480 e. The minimum Gasteiger partial charge on any atom is -0.480 e. The normalized spacial score (nSPS) is 16.8. The number of aliphatic carboxylic acids is 1. The van der Waals surface area contributed by atoms with E-state index in [4.69, 9.17) is 9.84 Å². The predicted octanol–water partition coefficient (Wildman–Crippen LogP) is 1.71. The van der Waals surface area contributed by atoms with E-state index in [1.54, 1.807) is 17.1 Å². The van der Waals surface area contributed by atoms with Gasteiger partial charge < -0.3 is 14.7 Å². The molecule has 0 aromatic heterocycles. The Balaban J connectivity index is 1.87. The second kappa shape index (κ2) is 6.10. The van der Waals surface area contributed by atoms with Crippen molar-refractivity contribution in [3.8, 4) is 0 Å². The summed E-state index contributed by atoms with van der Waals surface area (Å²) in [4.78, 5) is 24.1. The third-order valence-electron chi connectivity index (χ3n) is 3.50. The van der Waals surface area contributed by atoms with Crippen LogP contribution in [0.2, 0.25) is 0 Å². The molecule has 1 N–H and O–H groups in total. The van der Waals surface area contributed by atoms with E-state index in [0.717, 1.165) is 11.1 Å². The number of carbonyl (C=O) groups is 2. The van der Waals surface area contributed by atoms with Crippen molar-refractivity contribution in [1.82, 2.24) is 4.90 Å². The Labute approximate surface area is 123 Å². The first-order valence-electron chi connectivity index (χ1n) is 6.78.